The van der Waals surface area contributed by atoms with E-state index < -0.39 is 0 Å². The fourth-order valence-corrected chi connectivity index (χ4v) is 3.32. The molecule has 1 aromatic heterocycles. The van der Waals surface area contributed by atoms with Crippen LogP contribution in [0.25, 0.3) is 11.5 Å². The number of rotatable bonds is 5. The standard InChI is InChI=1S/C18H26N4O/c1-14-19-20-18(23-14)17-6-4-5-16(11-17)13-22-9-7-15(8-10-22)12-21(2)3/h4-6,11,15H,7-10,12-13H2,1-3H3. The molecule has 3 rings (SSSR count). The summed E-state index contributed by atoms with van der Waals surface area (Å²) in [6.45, 7) is 6.39. The van der Waals surface area contributed by atoms with Crippen molar-refractivity contribution < 1.29 is 4.42 Å². The van der Waals surface area contributed by atoms with Gasteiger partial charge in [-0.2, -0.15) is 0 Å². The van der Waals surface area contributed by atoms with Crippen LogP contribution in [0.4, 0.5) is 0 Å². The second kappa shape index (κ2) is 7.23. The average Bonchev–Trinajstić information content (AvgIpc) is 2.96. The maximum absolute atomic E-state index is 5.53. The van der Waals surface area contributed by atoms with Gasteiger partial charge in [-0.25, -0.2) is 0 Å². The predicted octanol–water partition coefficient (Wildman–Crippen LogP) is 2.82. The molecule has 1 saturated heterocycles. The lowest BCUT2D eigenvalue weighted by Gasteiger charge is -2.33. The number of piperidine rings is 1. The van der Waals surface area contributed by atoms with Gasteiger partial charge in [-0.3, -0.25) is 4.90 Å². The molecular formula is C18H26N4O. The third kappa shape index (κ3) is 4.39. The van der Waals surface area contributed by atoms with E-state index in [1.165, 1.54) is 38.0 Å². The Morgan fingerprint density at radius 3 is 2.65 bits per heavy atom. The Hall–Kier alpha value is -1.72. The van der Waals surface area contributed by atoms with Gasteiger partial charge in [0.2, 0.25) is 11.8 Å². The van der Waals surface area contributed by atoms with E-state index in [0.29, 0.717) is 11.8 Å². The first-order valence-electron chi connectivity index (χ1n) is 8.36. The molecule has 0 unspecified atom stereocenters. The number of hydrogen-bond donors (Lipinski definition) is 0. The highest BCUT2D eigenvalue weighted by Gasteiger charge is 2.19. The molecule has 0 N–H and O–H groups in total. The molecule has 1 aliphatic heterocycles. The zero-order valence-corrected chi connectivity index (χ0v) is 14.3. The highest BCUT2D eigenvalue weighted by molar-refractivity contribution is 5.53. The Labute approximate surface area is 138 Å². The van der Waals surface area contributed by atoms with E-state index in [2.05, 4.69) is 52.3 Å². The monoisotopic (exact) mass is 314 g/mol. The van der Waals surface area contributed by atoms with E-state index in [9.17, 15) is 0 Å². The third-order valence-corrected chi connectivity index (χ3v) is 4.44. The van der Waals surface area contributed by atoms with Crippen molar-refractivity contribution in [3.63, 3.8) is 0 Å². The molecule has 1 aliphatic rings. The van der Waals surface area contributed by atoms with Gasteiger partial charge in [0.25, 0.3) is 0 Å². The third-order valence-electron chi connectivity index (χ3n) is 4.44. The smallest absolute Gasteiger partial charge is 0.247 e. The van der Waals surface area contributed by atoms with Gasteiger partial charge in [0, 0.05) is 25.6 Å². The molecule has 5 heteroatoms. The maximum atomic E-state index is 5.53. The summed E-state index contributed by atoms with van der Waals surface area (Å²) in [5.41, 5.74) is 2.31. The summed E-state index contributed by atoms with van der Waals surface area (Å²) in [4.78, 5) is 4.85. The lowest BCUT2D eigenvalue weighted by molar-refractivity contribution is 0.157. The molecule has 1 aromatic carbocycles. The van der Waals surface area contributed by atoms with Crippen LogP contribution in [0.15, 0.2) is 28.7 Å². The molecule has 23 heavy (non-hydrogen) atoms. The fourth-order valence-electron chi connectivity index (χ4n) is 3.32. The van der Waals surface area contributed by atoms with E-state index >= 15 is 0 Å². The molecule has 0 atom stereocenters. The van der Waals surface area contributed by atoms with Crippen molar-refractivity contribution in [3.8, 4) is 11.5 Å². The number of aromatic nitrogens is 2. The molecule has 0 saturated carbocycles. The van der Waals surface area contributed by atoms with Gasteiger partial charge in [-0.15, -0.1) is 10.2 Å². The Kier molecular flexibility index (Phi) is 5.08. The molecule has 0 bridgehead atoms. The summed E-state index contributed by atoms with van der Waals surface area (Å²) < 4.78 is 5.53. The number of likely N-dealkylation sites (tertiary alicyclic amines) is 1. The maximum Gasteiger partial charge on any atom is 0.247 e. The van der Waals surface area contributed by atoms with Crippen LogP contribution in [0.1, 0.15) is 24.3 Å². The molecule has 0 radical (unpaired) electrons. The SMILES string of the molecule is Cc1nnc(-c2cccc(CN3CCC(CN(C)C)CC3)c2)o1. The van der Waals surface area contributed by atoms with Gasteiger partial charge < -0.3 is 9.32 Å². The van der Waals surface area contributed by atoms with E-state index in [1.807, 2.05) is 13.0 Å². The number of benzene rings is 1. The molecular weight excluding hydrogens is 288 g/mol. The van der Waals surface area contributed by atoms with Crippen LogP contribution in [-0.4, -0.2) is 53.7 Å². The summed E-state index contributed by atoms with van der Waals surface area (Å²) in [7, 11) is 4.33. The van der Waals surface area contributed by atoms with Gasteiger partial charge in [0.1, 0.15) is 0 Å². The van der Waals surface area contributed by atoms with Crippen LogP contribution >= 0.6 is 0 Å². The average molecular weight is 314 g/mol. The Morgan fingerprint density at radius 1 is 1.22 bits per heavy atom. The lowest BCUT2D eigenvalue weighted by atomic mass is 9.96. The normalized spacial score (nSPS) is 17.0. The van der Waals surface area contributed by atoms with Crippen molar-refractivity contribution >= 4 is 0 Å². The molecule has 0 aliphatic carbocycles. The van der Waals surface area contributed by atoms with E-state index in [0.717, 1.165) is 18.0 Å². The van der Waals surface area contributed by atoms with Crippen molar-refractivity contribution in [2.75, 3.05) is 33.7 Å². The second-order valence-corrected chi connectivity index (χ2v) is 6.81. The van der Waals surface area contributed by atoms with Crippen LogP contribution in [0.5, 0.6) is 0 Å². The summed E-state index contributed by atoms with van der Waals surface area (Å²) in [5.74, 6) is 2.05. The molecule has 0 amide bonds. The fraction of sp³-hybridized carbons (Fsp3) is 0.556. The number of hydrogen-bond acceptors (Lipinski definition) is 5. The molecule has 5 nitrogen and oxygen atoms in total. The van der Waals surface area contributed by atoms with E-state index in [4.69, 9.17) is 4.42 Å². The minimum atomic E-state index is 0.605. The Balaban J connectivity index is 1.59. The second-order valence-electron chi connectivity index (χ2n) is 6.81. The summed E-state index contributed by atoms with van der Waals surface area (Å²) in [6.07, 6.45) is 2.58. The molecule has 1 fully saturated rings. The Bertz CT molecular complexity index is 629. The van der Waals surface area contributed by atoms with Crippen LogP contribution in [0.2, 0.25) is 0 Å². The van der Waals surface area contributed by atoms with E-state index in [1.54, 1.807) is 0 Å². The lowest BCUT2D eigenvalue weighted by Crippen LogP contribution is -2.36. The van der Waals surface area contributed by atoms with Crippen LogP contribution in [0.3, 0.4) is 0 Å². The first-order chi connectivity index (χ1) is 11.1. The number of aryl methyl sites for hydroxylation is 1. The molecule has 124 valence electrons. The predicted molar refractivity (Wildman–Crippen MR) is 91.0 cm³/mol. The Morgan fingerprint density at radius 2 is 2.00 bits per heavy atom. The quantitative estimate of drug-likeness (QED) is 0.849. The van der Waals surface area contributed by atoms with Crippen molar-refractivity contribution in [3.05, 3.63) is 35.7 Å². The first kappa shape index (κ1) is 16.1. The van der Waals surface area contributed by atoms with Gasteiger partial charge in [0.15, 0.2) is 0 Å². The molecule has 0 spiro atoms. The largest absolute Gasteiger partial charge is 0.421 e. The zero-order valence-electron chi connectivity index (χ0n) is 14.3. The van der Waals surface area contributed by atoms with E-state index in [-0.39, 0.29) is 0 Å². The van der Waals surface area contributed by atoms with Gasteiger partial charge in [-0.05, 0) is 63.6 Å². The minimum absolute atomic E-state index is 0.605. The highest BCUT2D eigenvalue weighted by atomic mass is 16.4. The topological polar surface area (TPSA) is 45.4 Å². The van der Waals surface area contributed by atoms with Crippen molar-refractivity contribution in [1.82, 2.24) is 20.0 Å². The molecule has 2 heterocycles. The zero-order chi connectivity index (χ0) is 16.2. The summed E-state index contributed by atoms with van der Waals surface area (Å²) >= 11 is 0. The van der Waals surface area contributed by atoms with Gasteiger partial charge in [-0.1, -0.05) is 12.1 Å². The van der Waals surface area contributed by atoms with Crippen molar-refractivity contribution in [1.29, 1.82) is 0 Å². The van der Waals surface area contributed by atoms with Crippen LogP contribution < -0.4 is 0 Å². The highest BCUT2D eigenvalue weighted by Crippen LogP contribution is 2.22. The summed E-state index contributed by atoms with van der Waals surface area (Å²) in [6, 6.07) is 8.44. The van der Waals surface area contributed by atoms with Crippen LogP contribution in [0, 0.1) is 12.8 Å². The van der Waals surface area contributed by atoms with Crippen LogP contribution in [-0.2, 0) is 6.54 Å². The van der Waals surface area contributed by atoms with Gasteiger partial charge in [0.05, 0.1) is 0 Å². The van der Waals surface area contributed by atoms with Crippen molar-refractivity contribution in [2.45, 2.75) is 26.3 Å². The van der Waals surface area contributed by atoms with Gasteiger partial charge >= 0.3 is 0 Å². The summed E-state index contributed by atoms with van der Waals surface area (Å²) in [5, 5.41) is 8.02. The first-order valence-corrected chi connectivity index (χ1v) is 8.36. The van der Waals surface area contributed by atoms with Crippen molar-refractivity contribution in [2.24, 2.45) is 5.92 Å². The minimum Gasteiger partial charge on any atom is -0.421 e. The number of nitrogens with zero attached hydrogens (tertiary/aromatic N) is 4. The molecule has 2 aromatic rings.